The molecule has 0 saturated carbocycles. The van der Waals surface area contributed by atoms with Gasteiger partial charge in [-0.2, -0.15) is 0 Å². The van der Waals surface area contributed by atoms with Crippen molar-refractivity contribution in [2.75, 3.05) is 0 Å². The molecule has 0 spiro atoms. The number of oxazole rings is 1. The van der Waals surface area contributed by atoms with Gasteiger partial charge in [-0.1, -0.05) is 23.2 Å². The fourth-order valence-electron chi connectivity index (χ4n) is 2.06. The molecule has 104 valence electrons. The number of halogens is 3. The number of nitrogens with zero attached hydrogens (tertiary/aromatic N) is 3. The Balaban J connectivity index is 2.14. The highest BCUT2D eigenvalue weighted by molar-refractivity contribution is 6.42. The van der Waals surface area contributed by atoms with Crippen molar-refractivity contribution >= 4 is 45.8 Å². The number of aryl methyl sites for hydroxylation is 1. The van der Waals surface area contributed by atoms with Crippen LogP contribution in [0.5, 0.6) is 0 Å². The van der Waals surface area contributed by atoms with Gasteiger partial charge in [-0.05, 0) is 19.1 Å². The molecule has 0 radical (unpaired) electrons. The maximum atomic E-state index is 6.07. The molecule has 0 atom stereocenters. The third-order valence-electron chi connectivity index (χ3n) is 2.95. The van der Waals surface area contributed by atoms with Gasteiger partial charge in [0.15, 0.2) is 0 Å². The quantitative estimate of drug-likeness (QED) is 0.667. The van der Waals surface area contributed by atoms with Crippen LogP contribution in [0.25, 0.3) is 11.0 Å². The number of alkyl halides is 1. The van der Waals surface area contributed by atoms with Gasteiger partial charge in [0.05, 0.1) is 33.2 Å². The Morgan fingerprint density at radius 1 is 1.25 bits per heavy atom. The molecule has 1 aromatic carbocycles. The van der Waals surface area contributed by atoms with Crippen LogP contribution in [0.15, 0.2) is 22.7 Å². The molecule has 2 aromatic heterocycles. The van der Waals surface area contributed by atoms with E-state index < -0.39 is 0 Å². The second-order valence-corrected chi connectivity index (χ2v) is 5.45. The van der Waals surface area contributed by atoms with Gasteiger partial charge in [-0.15, -0.1) is 11.6 Å². The predicted molar refractivity (Wildman–Crippen MR) is 79.7 cm³/mol. The van der Waals surface area contributed by atoms with E-state index in [4.69, 9.17) is 39.2 Å². The number of fused-ring (bicyclic) bond motifs is 1. The van der Waals surface area contributed by atoms with Gasteiger partial charge >= 0.3 is 0 Å². The summed E-state index contributed by atoms with van der Waals surface area (Å²) in [7, 11) is 0. The zero-order valence-electron chi connectivity index (χ0n) is 10.5. The molecule has 0 fully saturated rings. The van der Waals surface area contributed by atoms with E-state index in [0.29, 0.717) is 22.5 Å². The number of hydrogen-bond donors (Lipinski definition) is 0. The minimum absolute atomic E-state index is 0.281. The van der Waals surface area contributed by atoms with E-state index in [9.17, 15) is 0 Å². The first-order valence-electron chi connectivity index (χ1n) is 5.90. The molecule has 7 heteroatoms. The minimum Gasteiger partial charge on any atom is -0.444 e. The Morgan fingerprint density at radius 2 is 2.00 bits per heavy atom. The summed E-state index contributed by atoms with van der Waals surface area (Å²) in [5, 5.41) is 0.946. The molecule has 2 heterocycles. The van der Waals surface area contributed by atoms with Crippen LogP contribution in [0.4, 0.5) is 0 Å². The summed E-state index contributed by atoms with van der Waals surface area (Å²) in [4.78, 5) is 8.65. The van der Waals surface area contributed by atoms with Gasteiger partial charge in [0, 0.05) is 0 Å². The molecule has 0 aliphatic carbocycles. The zero-order valence-corrected chi connectivity index (χ0v) is 12.8. The zero-order chi connectivity index (χ0) is 14.3. The maximum Gasteiger partial charge on any atom is 0.214 e. The summed E-state index contributed by atoms with van der Waals surface area (Å²) in [5.41, 5.74) is 1.60. The van der Waals surface area contributed by atoms with E-state index in [1.165, 1.54) is 0 Å². The van der Waals surface area contributed by atoms with Crippen LogP contribution < -0.4 is 0 Å². The Morgan fingerprint density at radius 3 is 2.65 bits per heavy atom. The fourth-order valence-corrected chi connectivity index (χ4v) is 2.58. The van der Waals surface area contributed by atoms with Gasteiger partial charge in [-0.25, -0.2) is 9.97 Å². The summed E-state index contributed by atoms with van der Waals surface area (Å²) >= 11 is 18.0. The van der Waals surface area contributed by atoms with Crippen molar-refractivity contribution in [1.29, 1.82) is 0 Å². The average molecular weight is 331 g/mol. The molecule has 0 unspecified atom stereocenters. The first-order chi connectivity index (χ1) is 9.58. The Hall–Kier alpha value is -1.23. The van der Waals surface area contributed by atoms with Gasteiger partial charge in [0.2, 0.25) is 5.89 Å². The number of imidazole rings is 1. The second kappa shape index (κ2) is 5.28. The lowest BCUT2D eigenvalue weighted by Crippen LogP contribution is -2.04. The largest absolute Gasteiger partial charge is 0.444 e. The van der Waals surface area contributed by atoms with Crippen LogP contribution in [-0.4, -0.2) is 14.5 Å². The van der Waals surface area contributed by atoms with E-state index >= 15 is 0 Å². The molecular weight excluding hydrogens is 321 g/mol. The van der Waals surface area contributed by atoms with Crippen molar-refractivity contribution in [3.63, 3.8) is 0 Å². The molecule has 0 N–H and O–H groups in total. The Kier molecular flexibility index (Phi) is 3.63. The van der Waals surface area contributed by atoms with E-state index in [1.54, 1.807) is 18.3 Å². The van der Waals surface area contributed by atoms with Crippen molar-refractivity contribution in [2.24, 2.45) is 0 Å². The first kappa shape index (κ1) is 13.7. The molecule has 3 aromatic rings. The minimum atomic E-state index is 0.281. The van der Waals surface area contributed by atoms with Crippen LogP contribution in [0.2, 0.25) is 10.0 Å². The normalized spacial score (nSPS) is 11.4. The highest BCUT2D eigenvalue weighted by Gasteiger charge is 2.14. The van der Waals surface area contributed by atoms with Crippen molar-refractivity contribution in [1.82, 2.24) is 14.5 Å². The first-order valence-corrected chi connectivity index (χ1v) is 7.19. The summed E-state index contributed by atoms with van der Waals surface area (Å²) in [5.74, 6) is 2.36. The lowest BCUT2D eigenvalue weighted by Gasteiger charge is -2.05. The average Bonchev–Trinajstić information content (AvgIpc) is 2.96. The van der Waals surface area contributed by atoms with Crippen molar-refractivity contribution in [3.8, 4) is 0 Å². The second-order valence-electron chi connectivity index (χ2n) is 4.37. The third kappa shape index (κ3) is 2.39. The van der Waals surface area contributed by atoms with Crippen LogP contribution >= 0.6 is 34.8 Å². The fraction of sp³-hybridized carbons (Fsp3) is 0.231. The molecule has 0 aliphatic heterocycles. The SMILES string of the molecule is Cc1cnc(Cn2c(CCl)nc3cc(Cl)c(Cl)cc32)o1. The predicted octanol–water partition coefficient (Wildman–Crippen LogP) is 4.43. The lowest BCUT2D eigenvalue weighted by atomic mass is 10.3. The van der Waals surface area contributed by atoms with Crippen molar-refractivity contribution < 1.29 is 4.42 Å². The number of benzene rings is 1. The molecule has 0 aliphatic rings. The van der Waals surface area contributed by atoms with Crippen LogP contribution in [0, 0.1) is 6.92 Å². The van der Waals surface area contributed by atoms with E-state index in [1.807, 2.05) is 11.5 Å². The number of hydrogen-bond acceptors (Lipinski definition) is 3. The summed E-state index contributed by atoms with van der Waals surface area (Å²) < 4.78 is 7.42. The number of aromatic nitrogens is 3. The van der Waals surface area contributed by atoms with Gasteiger partial charge in [-0.3, -0.25) is 0 Å². The Bertz CT molecular complexity index is 779. The van der Waals surface area contributed by atoms with Crippen LogP contribution in [-0.2, 0) is 12.4 Å². The van der Waals surface area contributed by atoms with Gasteiger partial charge < -0.3 is 8.98 Å². The van der Waals surface area contributed by atoms with E-state index in [-0.39, 0.29) is 5.88 Å². The van der Waals surface area contributed by atoms with E-state index in [0.717, 1.165) is 22.6 Å². The summed E-state index contributed by atoms with van der Waals surface area (Å²) in [6.45, 7) is 2.30. The molecule has 3 rings (SSSR count). The van der Waals surface area contributed by atoms with Crippen molar-refractivity contribution in [2.45, 2.75) is 19.3 Å². The third-order valence-corrected chi connectivity index (χ3v) is 3.91. The maximum absolute atomic E-state index is 6.07. The topological polar surface area (TPSA) is 43.9 Å². The van der Waals surface area contributed by atoms with Gasteiger partial charge in [0.1, 0.15) is 18.1 Å². The molecule has 4 nitrogen and oxygen atoms in total. The molecule has 0 saturated heterocycles. The van der Waals surface area contributed by atoms with Crippen LogP contribution in [0.1, 0.15) is 17.5 Å². The molecule has 20 heavy (non-hydrogen) atoms. The molecule has 0 amide bonds. The number of rotatable bonds is 3. The summed E-state index contributed by atoms with van der Waals surface area (Å²) in [6.07, 6.45) is 1.68. The standard InChI is InChI=1S/C13H10Cl3N3O/c1-7-5-17-13(20-7)6-19-11-3-9(16)8(15)2-10(11)18-12(19)4-14/h2-3,5H,4,6H2,1H3. The Labute approximate surface area is 130 Å². The van der Waals surface area contributed by atoms with Gasteiger partial charge in [0.25, 0.3) is 0 Å². The molecule has 0 bridgehead atoms. The monoisotopic (exact) mass is 329 g/mol. The molecular formula is C13H10Cl3N3O. The summed E-state index contributed by atoms with van der Waals surface area (Å²) in [6, 6.07) is 3.50. The van der Waals surface area contributed by atoms with E-state index in [2.05, 4.69) is 9.97 Å². The highest BCUT2D eigenvalue weighted by atomic mass is 35.5. The smallest absolute Gasteiger partial charge is 0.214 e. The van der Waals surface area contributed by atoms with Crippen molar-refractivity contribution in [3.05, 3.63) is 45.9 Å². The highest BCUT2D eigenvalue weighted by Crippen LogP contribution is 2.29. The lowest BCUT2D eigenvalue weighted by molar-refractivity contribution is 0.457. The van der Waals surface area contributed by atoms with Crippen LogP contribution in [0.3, 0.4) is 0 Å².